The van der Waals surface area contributed by atoms with Crippen LogP contribution >= 0.6 is 0 Å². The molecule has 2 aliphatic rings. The zero-order valence-electron chi connectivity index (χ0n) is 12.1. The lowest BCUT2D eigenvalue weighted by atomic mass is 10.1. The summed E-state index contributed by atoms with van der Waals surface area (Å²) >= 11 is 0. The summed E-state index contributed by atoms with van der Waals surface area (Å²) in [6.45, 7) is -1.73. The Morgan fingerprint density at radius 2 is 1.75 bits per heavy atom. The smallest absolute Gasteiger partial charge is 0.367 e. The lowest BCUT2D eigenvalue weighted by Gasteiger charge is -2.27. The van der Waals surface area contributed by atoms with Gasteiger partial charge in [-0.2, -0.15) is 26.3 Å². The maximum atomic E-state index is 12.6. The number of alkyl halides is 6. The summed E-state index contributed by atoms with van der Waals surface area (Å²) < 4.78 is 75.1. The number of rotatable bonds is 3. The number of likely N-dealkylation sites (tertiary alicyclic amines) is 1. The average Bonchev–Trinajstić information content (AvgIpc) is 2.92. The van der Waals surface area contributed by atoms with Gasteiger partial charge in [0.1, 0.15) is 0 Å². The Bertz CT molecular complexity index is 535. The molecule has 24 heavy (non-hydrogen) atoms. The Hall–Kier alpha value is -1.56. The second-order valence-electron chi connectivity index (χ2n) is 5.99. The number of hydrogen-bond acceptors (Lipinski definition) is 4. The number of aliphatic hydroxyl groups is 2. The van der Waals surface area contributed by atoms with Gasteiger partial charge in [0.25, 0.3) is 0 Å². The van der Waals surface area contributed by atoms with E-state index in [0.29, 0.717) is 4.90 Å². The molecule has 2 atom stereocenters. The molecule has 0 radical (unpaired) electrons. The molecule has 0 aromatic carbocycles. The van der Waals surface area contributed by atoms with Crippen molar-refractivity contribution >= 4 is 11.8 Å². The van der Waals surface area contributed by atoms with Gasteiger partial charge < -0.3 is 20.0 Å². The molecule has 6 nitrogen and oxygen atoms in total. The summed E-state index contributed by atoms with van der Waals surface area (Å²) in [5.74, 6) is -4.38. The van der Waals surface area contributed by atoms with E-state index in [1.807, 2.05) is 0 Å². The van der Waals surface area contributed by atoms with Crippen LogP contribution in [0.5, 0.6) is 0 Å². The molecule has 2 N–H and O–H groups in total. The lowest BCUT2D eigenvalue weighted by molar-refractivity contribution is -0.191. The monoisotopic (exact) mass is 364 g/mol. The molecule has 1 aliphatic heterocycles. The number of carbonyl (C=O) groups is 2. The molecule has 1 aliphatic carbocycles. The average molecular weight is 364 g/mol. The summed E-state index contributed by atoms with van der Waals surface area (Å²) in [5, 5.41) is 17.7. The van der Waals surface area contributed by atoms with Crippen LogP contribution in [0.2, 0.25) is 0 Å². The summed E-state index contributed by atoms with van der Waals surface area (Å²) in [4.78, 5) is 23.3. The molecule has 2 fully saturated rings. The van der Waals surface area contributed by atoms with Crippen molar-refractivity contribution in [3.05, 3.63) is 0 Å². The number of hydrogen-bond donors (Lipinski definition) is 2. The van der Waals surface area contributed by atoms with Crippen molar-refractivity contribution in [1.29, 1.82) is 0 Å². The standard InChI is InChI=1S/C12H14F6N2O4/c13-11(14,15)8(23)19-2-1-10(5-19)3-6(10)20(4-7(21)22)9(24)12(16,17)18/h6-7,21-22H,1-5H2. The molecule has 0 aromatic rings. The maximum Gasteiger partial charge on any atom is 0.471 e. The third kappa shape index (κ3) is 3.58. The Morgan fingerprint density at radius 1 is 1.17 bits per heavy atom. The predicted molar refractivity (Wildman–Crippen MR) is 64.1 cm³/mol. The van der Waals surface area contributed by atoms with Gasteiger partial charge in [-0.25, -0.2) is 0 Å². The second-order valence-corrected chi connectivity index (χ2v) is 5.99. The summed E-state index contributed by atoms with van der Waals surface area (Å²) in [7, 11) is 0. The highest BCUT2D eigenvalue weighted by Crippen LogP contribution is 2.56. The molecule has 2 unspecified atom stereocenters. The zero-order chi connectivity index (χ0) is 18.5. The summed E-state index contributed by atoms with van der Waals surface area (Å²) in [6.07, 6.45) is -12.6. The van der Waals surface area contributed by atoms with Gasteiger partial charge in [0, 0.05) is 24.5 Å². The molecule has 1 saturated carbocycles. The van der Waals surface area contributed by atoms with E-state index in [1.54, 1.807) is 0 Å². The maximum absolute atomic E-state index is 12.6. The number of carbonyl (C=O) groups excluding carboxylic acids is 2. The van der Waals surface area contributed by atoms with E-state index >= 15 is 0 Å². The first-order valence-electron chi connectivity index (χ1n) is 6.88. The second kappa shape index (κ2) is 5.76. The van der Waals surface area contributed by atoms with E-state index in [0.717, 1.165) is 0 Å². The lowest BCUT2D eigenvalue weighted by Crippen LogP contribution is -2.48. The molecular formula is C12H14F6N2O4. The minimum absolute atomic E-state index is 0.00263. The minimum Gasteiger partial charge on any atom is -0.367 e. The van der Waals surface area contributed by atoms with Gasteiger partial charge in [-0.3, -0.25) is 9.59 Å². The fraction of sp³-hybridized carbons (Fsp3) is 0.833. The van der Waals surface area contributed by atoms with E-state index in [9.17, 15) is 35.9 Å². The van der Waals surface area contributed by atoms with Gasteiger partial charge in [0.05, 0.1) is 6.54 Å². The van der Waals surface area contributed by atoms with Crippen LogP contribution in [0.4, 0.5) is 26.3 Å². The van der Waals surface area contributed by atoms with Gasteiger partial charge >= 0.3 is 24.2 Å². The molecule has 0 bridgehead atoms. The SMILES string of the molecule is O=C(N1CCC2(CC2N(CC(O)O)C(=O)C(F)(F)F)C1)C(F)(F)F. The molecule has 0 aromatic heterocycles. The summed E-state index contributed by atoms with van der Waals surface area (Å²) in [5.41, 5.74) is -1.07. The third-order valence-corrected chi connectivity index (χ3v) is 4.30. The van der Waals surface area contributed by atoms with Crippen molar-refractivity contribution in [2.75, 3.05) is 19.6 Å². The van der Waals surface area contributed by atoms with Gasteiger partial charge in [-0.15, -0.1) is 0 Å². The van der Waals surface area contributed by atoms with Crippen LogP contribution in [-0.4, -0.2) is 76.1 Å². The highest BCUT2D eigenvalue weighted by molar-refractivity contribution is 5.83. The Kier molecular flexibility index (Phi) is 4.50. The van der Waals surface area contributed by atoms with Crippen molar-refractivity contribution in [3.8, 4) is 0 Å². The van der Waals surface area contributed by atoms with Crippen molar-refractivity contribution < 1.29 is 46.1 Å². The van der Waals surface area contributed by atoms with Crippen LogP contribution in [0.1, 0.15) is 12.8 Å². The van der Waals surface area contributed by atoms with Gasteiger partial charge in [-0.1, -0.05) is 0 Å². The topological polar surface area (TPSA) is 81.1 Å². The van der Waals surface area contributed by atoms with Crippen LogP contribution < -0.4 is 0 Å². The van der Waals surface area contributed by atoms with Crippen LogP contribution in [-0.2, 0) is 9.59 Å². The van der Waals surface area contributed by atoms with Crippen molar-refractivity contribution in [3.63, 3.8) is 0 Å². The van der Waals surface area contributed by atoms with E-state index in [2.05, 4.69) is 0 Å². The van der Waals surface area contributed by atoms with Crippen molar-refractivity contribution in [1.82, 2.24) is 9.80 Å². The van der Waals surface area contributed by atoms with E-state index in [-0.39, 0.29) is 24.3 Å². The van der Waals surface area contributed by atoms with Crippen molar-refractivity contribution in [2.24, 2.45) is 5.41 Å². The fourth-order valence-electron chi connectivity index (χ4n) is 3.14. The highest BCUT2D eigenvalue weighted by atomic mass is 19.4. The fourth-order valence-corrected chi connectivity index (χ4v) is 3.14. The van der Waals surface area contributed by atoms with E-state index in [4.69, 9.17) is 10.2 Å². The number of aliphatic hydroxyl groups excluding tert-OH is 1. The largest absolute Gasteiger partial charge is 0.471 e. The first-order chi connectivity index (χ1) is 10.8. The van der Waals surface area contributed by atoms with Crippen LogP contribution in [0.25, 0.3) is 0 Å². The highest BCUT2D eigenvalue weighted by Gasteiger charge is 2.64. The van der Waals surface area contributed by atoms with E-state index in [1.165, 1.54) is 0 Å². The molecule has 12 heteroatoms. The number of halogens is 6. The first kappa shape index (κ1) is 18.8. The molecular weight excluding hydrogens is 350 g/mol. The third-order valence-electron chi connectivity index (χ3n) is 4.30. The molecule has 1 spiro atoms. The number of amides is 2. The Morgan fingerprint density at radius 3 is 2.21 bits per heavy atom. The van der Waals surface area contributed by atoms with Crippen LogP contribution in [0.15, 0.2) is 0 Å². The Balaban J connectivity index is 2.11. The molecule has 138 valence electrons. The van der Waals surface area contributed by atoms with Gasteiger partial charge in [0.2, 0.25) is 0 Å². The van der Waals surface area contributed by atoms with Crippen LogP contribution in [0, 0.1) is 5.41 Å². The van der Waals surface area contributed by atoms with Crippen LogP contribution in [0.3, 0.4) is 0 Å². The molecule has 1 heterocycles. The molecule has 2 amide bonds. The van der Waals surface area contributed by atoms with Gasteiger partial charge in [-0.05, 0) is 12.8 Å². The minimum atomic E-state index is -5.25. The van der Waals surface area contributed by atoms with Gasteiger partial charge in [0.15, 0.2) is 6.29 Å². The van der Waals surface area contributed by atoms with Crippen molar-refractivity contribution in [2.45, 2.75) is 37.5 Å². The summed E-state index contributed by atoms with van der Waals surface area (Å²) in [6, 6.07) is -1.10. The first-order valence-corrected chi connectivity index (χ1v) is 6.88. The molecule has 2 rings (SSSR count). The van der Waals surface area contributed by atoms with E-state index < -0.39 is 55.0 Å². The Labute approximate surface area is 131 Å². The number of nitrogens with zero attached hydrogens (tertiary/aromatic N) is 2. The normalized spacial score (nSPS) is 27.0. The zero-order valence-corrected chi connectivity index (χ0v) is 12.1. The predicted octanol–water partition coefficient (Wildman–Crippen LogP) is 0.241. The molecule has 1 saturated heterocycles. The quantitative estimate of drug-likeness (QED) is 0.556.